The summed E-state index contributed by atoms with van der Waals surface area (Å²) in [5, 5.41) is 8.82. The molecule has 1 atom stereocenters. The van der Waals surface area contributed by atoms with Crippen LogP contribution in [0.5, 0.6) is 0 Å². The fourth-order valence-corrected chi connectivity index (χ4v) is 4.91. The summed E-state index contributed by atoms with van der Waals surface area (Å²) in [7, 11) is 0. The fraction of sp³-hybridized carbons (Fsp3) is 0.320. The van der Waals surface area contributed by atoms with Gasteiger partial charge >= 0.3 is 0 Å². The summed E-state index contributed by atoms with van der Waals surface area (Å²) in [6.45, 7) is 4.72. The molecule has 0 bridgehead atoms. The first-order valence-electron chi connectivity index (χ1n) is 11.7. The summed E-state index contributed by atoms with van der Waals surface area (Å²) in [6.07, 6.45) is 6.37. The summed E-state index contributed by atoms with van der Waals surface area (Å²) in [5.41, 5.74) is 2.63. The van der Waals surface area contributed by atoms with E-state index in [1.54, 1.807) is 12.4 Å². The largest absolute Gasteiger partial charge is 0.368 e. The molecule has 6 rings (SSSR count). The number of benzene rings is 1. The molecule has 1 amide bonds. The highest BCUT2D eigenvalue weighted by atomic mass is 16.2. The van der Waals surface area contributed by atoms with Crippen LogP contribution in [0.2, 0.25) is 0 Å². The number of anilines is 2. The molecule has 4 aromatic rings. The molecule has 9 heteroatoms. The third-order valence-electron chi connectivity index (χ3n) is 6.75. The zero-order valence-corrected chi connectivity index (χ0v) is 18.9. The second kappa shape index (κ2) is 8.74. The van der Waals surface area contributed by atoms with Crippen LogP contribution in [0.15, 0.2) is 67.1 Å². The third kappa shape index (κ3) is 3.83. The molecule has 172 valence electrons. The number of aromatic nitrogens is 5. The molecule has 2 saturated heterocycles. The SMILES string of the molecule is O=C(c1ccc2nnc(C3CCN(c4ncccn4)C3)n2c1)N1CCN(c2ccccc2)CC1. The highest BCUT2D eigenvalue weighted by molar-refractivity contribution is 5.94. The minimum Gasteiger partial charge on any atom is -0.368 e. The van der Waals surface area contributed by atoms with Crippen molar-refractivity contribution in [1.29, 1.82) is 0 Å². The van der Waals surface area contributed by atoms with Gasteiger partial charge in [0.2, 0.25) is 5.95 Å². The lowest BCUT2D eigenvalue weighted by Gasteiger charge is -2.36. The maximum absolute atomic E-state index is 13.3. The van der Waals surface area contributed by atoms with Crippen molar-refractivity contribution in [2.75, 3.05) is 49.1 Å². The van der Waals surface area contributed by atoms with Gasteiger partial charge in [0.25, 0.3) is 5.91 Å². The van der Waals surface area contributed by atoms with Crippen LogP contribution < -0.4 is 9.80 Å². The topological polar surface area (TPSA) is 82.8 Å². The van der Waals surface area contributed by atoms with Crippen LogP contribution in [-0.2, 0) is 0 Å². The number of amides is 1. The molecule has 9 nitrogen and oxygen atoms in total. The minimum absolute atomic E-state index is 0.0556. The second-order valence-corrected chi connectivity index (χ2v) is 8.80. The van der Waals surface area contributed by atoms with Crippen molar-refractivity contribution >= 4 is 23.2 Å². The third-order valence-corrected chi connectivity index (χ3v) is 6.75. The van der Waals surface area contributed by atoms with Gasteiger partial charge in [-0.15, -0.1) is 10.2 Å². The molecule has 0 N–H and O–H groups in total. The first kappa shape index (κ1) is 20.6. The summed E-state index contributed by atoms with van der Waals surface area (Å²) in [6, 6.07) is 15.9. The molecule has 2 aliphatic heterocycles. The molecule has 2 aliphatic rings. The van der Waals surface area contributed by atoms with E-state index in [0.29, 0.717) is 18.7 Å². The zero-order valence-electron chi connectivity index (χ0n) is 18.9. The Kier molecular flexibility index (Phi) is 5.29. The highest BCUT2D eigenvalue weighted by Crippen LogP contribution is 2.28. The fourth-order valence-electron chi connectivity index (χ4n) is 4.91. The number of rotatable bonds is 4. The van der Waals surface area contributed by atoms with E-state index in [1.165, 1.54) is 5.69 Å². The monoisotopic (exact) mass is 454 g/mol. The van der Waals surface area contributed by atoms with E-state index < -0.39 is 0 Å². The van der Waals surface area contributed by atoms with Gasteiger partial charge < -0.3 is 14.7 Å². The lowest BCUT2D eigenvalue weighted by Crippen LogP contribution is -2.48. The normalized spacial score (nSPS) is 18.6. The lowest BCUT2D eigenvalue weighted by molar-refractivity contribution is 0.0746. The number of carbonyl (C=O) groups is 1. The number of pyridine rings is 1. The lowest BCUT2D eigenvalue weighted by atomic mass is 10.1. The van der Waals surface area contributed by atoms with Crippen molar-refractivity contribution in [3.8, 4) is 0 Å². The van der Waals surface area contributed by atoms with Gasteiger partial charge in [-0.2, -0.15) is 0 Å². The Morgan fingerprint density at radius 1 is 0.824 bits per heavy atom. The van der Waals surface area contributed by atoms with E-state index in [2.05, 4.69) is 54.2 Å². The van der Waals surface area contributed by atoms with Crippen LogP contribution in [0, 0.1) is 0 Å². The van der Waals surface area contributed by atoms with Crippen LogP contribution >= 0.6 is 0 Å². The van der Waals surface area contributed by atoms with Crippen molar-refractivity contribution in [2.24, 2.45) is 0 Å². The Hall–Kier alpha value is -4.01. The van der Waals surface area contributed by atoms with Crippen LogP contribution in [0.1, 0.15) is 28.5 Å². The summed E-state index contributed by atoms with van der Waals surface area (Å²) in [4.78, 5) is 28.5. The Morgan fingerprint density at radius 3 is 2.41 bits per heavy atom. The molecule has 5 heterocycles. The van der Waals surface area contributed by atoms with E-state index in [0.717, 1.165) is 50.0 Å². The Morgan fingerprint density at radius 2 is 1.62 bits per heavy atom. The predicted octanol–water partition coefficient (Wildman–Crippen LogP) is 2.48. The van der Waals surface area contributed by atoms with E-state index in [9.17, 15) is 4.79 Å². The average Bonchev–Trinajstić information content (AvgIpc) is 3.56. The first-order valence-corrected chi connectivity index (χ1v) is 11.7. The molecule has 1 unspecified atom stereocenters. The highest BCUT2D eigenvalue weighted by Gasteiger charge is 2.29. The van der Waals surface area contributed by atoms with E-state index in [1.807, 2.05) is 39.8 Å². The van der Waals surface area contributed by atoms with Crippen LogP contribution in [0.25, 0.3) is 5.65 Å². The van der Waals surface area contributed by atoms with Crippen LogP contribution in [0.4, 0.5) is 11.6 Å². The zero-order chi connectivity index (χ0) is 22.9. The van der Waals surface area contributed by atoms with E-state index in [-0.39, 0.29) is 11.8 Å². The van der Waals surface area contributed by atoms with Crippen molar-refractivity contribution in [3.63, 3.8) is 0 Å². The Labute approximate surface area is 197 Å². The van der Waals surface area contributed by atoms with Crippen molar-refractivity contribution in [3.05, 3.63) is 78.5 Å². The molecular weight excluding hydrogens is 428 g/mol. The predicted molar refractivity (Wildman–Crippen MR) is 129 cm³/mol. The van der Waals surface area contributed by atoms with Gasteiger partial charge in [-0.25, -0.2) is 9.97 Å². The number of nitrogens with zero attached hydrogens (tertiary/aromatic N) is 8. The molecule has 34 heavy (non-hydrogen) atoms. The summed E-state index contributed by atoms with van der Waals surface area (Å²) < 4.78 is 1.98. The van der Waals surface area contributed by atoms with Gasteiger partial charge in [-0.1, -0.05) is 18.2 Å². The molecule has 2 fully saturated rings. The molecule has 0 radical (unpaired) electrons. The maximum Gasteiger partial charge on any atom is 0.255 e. The van der Waals surface area contributed by atoms with Gasteiger partial charge in [-0.05, 0) is 36.8 Å². The van der Waals surface area contributed by atoms with Crippen molar-refractivity contribution < 1.29 is 4.79 Å². The molecule has 0 saturated carbocycles. The van der Waals surface area contributed by atoms with Crippen LogP contribution in [-0.4, -0.2) is 74.6 Å². The molecule has 1 aromatic carbocycles. The minimum atomic E-state index is 0.0556. The number of hydrogen-bond acceptors (Lipinski definition) is 7. The molecule has 0 spiro atoms. The van der Waals surface area contributed by atoms with Gasteiger partial charge in [0.1, 0.15) is 5.82 Å². The standard InChI is InChI=1S/C25H26N8O/c34-24(31-15-13-30(14-16-31)21-5-2-1-3-6-21)20-7-8-22-28-29-23(33(22)18-20)19-9-12-32(17-19)25-26-10-4-11-27-25/h1-8,10-11,18-19H,9,12-17H2. The molecular formula is C25H26N8O. The number of piperazine rings is 1. The van der Waals surface area contributed by atoms with Crippen molar-refractivity contribution in [1.82, 2.24) is 29.5 Å². The van der Waals surface area contributed by atoms with Gasteiger partial charge in [0.05, 0.1) is 5.56 Å². The van der Waals surface area contributed by atoms with E-state index >= 15 is 0 Å². The smallest absolute Gasteiger partial charge is 0.255 e. The summed E-state index contributed by atoms with van der Waals surface area (Å²) in [5.74, 6) is 1.89. The average molecular weight is 455 g/mol. The Bertz CT molecular complexity index is 1280. The van der Waals surface area contributed by atoms with Gasteiger partial charge in [0, 0.05) is 69.5 Å². The number of hydrogen-bond donors (Lipinski definition) is 0. The van der Waals surface area contributed by atoms with E-state index in [4.69, 9.17) is 0 Å². The van der Waals surface area contributed by atoms with Gasteiger partial charge in [0.15, 0.2) is 5.65 Å². The van der Waals surface area contributed by atoms with Crippen molar-refractivity contribution in [2.45, 2.75) is 12.3 Å². The summed E-state index contributed by atoms with van der Waals surface area (Å²) >= 11 is 0. The molecule has 0 aliphatic carbocycles. The maximum atomic E-state index is 13.3. The van der Waals surface area contributed by atoms with Gasteiger partial charge in [-0.3, -0.25) is 9.20 Å². The molecule has 3 aromatic heterocycles. The van der Waals surface area contributed by atoms with Crippen LogP contribution in [0.3, 0.4) is 0 Å². The quantitative estimate of drug-likeness (QED) is 0.468. The number of fused-ring (bicyclic) bond motifs is 1. The number of carbonyl (C=O) groups excluding carboxylic acids is 1. The Balaban J connectivity index is 1.17. The number of para-hydroxylation sites is 1. The first-order chi connectivity index (χ1) is 16.8. The second-order valence-electron chi connectivity index (χ2n) is 8.80.